The zero-order chi connectivity index (χ0) is 13.5. The highest BCUT2D eigenvalue weighted by Crippen LogP contribution is 2.15. The van der Waals surface area contributed by atoms with Gasteiger partial charge in [0.05, 0.1) is 13.2 Å². The molecule has 1 heterocycles. The lowest BCUT2D eigenvalue weighted by Crippen LogP contribution is -2.12. The summed E-state index contributed by atoms with van der Waals surface area (Å²) >= 11 is 0. The van der Waals surface area contributed by atoms with Crippen molar-refractivity contribution in [2.45, 2.75) is 25.4 Å². The van der Waals surface area contributed by atoms with Crippen LogP contribution in [-0.4, -0.2) is 23.3 Å². The molecule has 0 aliphatic heterocycles. The molecule has 1 atom stereocenters. The fourth-order valence-electron chi connectivity index (χ4n) is 2.03. The van der Waals surface area contributed by atoms with Gasteiger partial charge >= 0.3 is 0 Å². The van der Waals surface area contributed by atoms with Crippen molar-refractivity contribution in [3.8, 4) is 5.75 Å². The third kappa shape index (κ3) is 4.38. The molecule has 1 aromatic heterocycles. The van der Waals surface area contributed by atoms with Gasteiger partial charge in [0, 0.05) is 11.9 Å². The largest absolute Gasteiger partial charge is 0.497 e. The normalized spacial score (nSPS) is 12.1. The summed E-state index contributed by atoms with van der Waals surface area (Å²) in [5.41, 5.74) is 2.11. The van der Waals surface area contributed by atoms with Crippen LogP contribution in [0.1, 0.15) is 17.7 Å². The number of hydrogen-bond acceptors (Lipinski definition) is 3. The molecule has 0 aliphatic carbocycles. The second kappa shape index (κ2) is 6.90. The smallest absolute Gasteiger partial charge is 0.119 e. The maximum absolute atomic E-state index is 10.1. The molecule has 2 rings (SSSR count). The van der Waals surface area contributed by atoms with Gasteiger partial charge in [-0.1, -0.05) is 18.2 Å². The van der Waals surface area contributed by atoms with Crippen LogP contribution < -0.4 is 4.74 Å². The fraction of sp³-hybridized carbons (Fsp3) is 0.312. The molecule has 3 nitrogen and oxygen atoms in total. The number of ether oxygens (including phenoxy) is 1. The molecule has 1 unspecified atom stereocenters. The van der Waals surface area contributed by atoms with Crippen molar-refractivity contribution in [2.24, 2.45) is 0 Å². The summed E-state index contributed by atoms with van der Waals surface area (Å²) in [4.78, 5) is 4.25. The third-order valence-corrected chi connectivity index (χ3v) is 3.07. The van der Waals surface area contributed by atoms with Gasteiger partial charge in [-0.25, -0.2) is 0 Å². The van der Waals surface area contributed by atoms with Gasteiger partial charge in [-0.15, -0.1) is 0 Å². The van der Waals surface area contributed by atoms with Crippen molar-refractivity contribution < 1.29 is 9.84 Å². The zero-order valence-corrected chi connectivity index (χ0v) is 11.1. The van der Waals surface area contributed by atoms with E-state index in [1.807, 2.05) is 42.5 Å². The molecule has 2 aromatic rings. The number of benzene rings is 1. The van der Waals surface area contributed by atoms with Crippen molar-refractivity contribution in [3.63, 3.8) is 0 Å². The number of pyridine rings is 1. The molecule has 1 N–H and O–H groups in total. The van der Waals surface area contributed by atoms with E-state index < -0.39 is 0 Å². The van der Waals surface area contributed by atoms with Crippen LogP contribution in [-0.2, 0) is 12.8 Å². The molecule has 19 heavy (non-hydrogen) atoms. The Balaban J connectivity index is 1.85. The highest BCUT2D eigenvalue weighted by molar-refractivity contribution is 5.28. The van der Waals surface area contributed by atoms with Crippen molar-refractivity contribution in [1.29, 1.82) is 0 Å². The number of methoxy groups -OCH3 is 1. The fourth-order valence-corrected chi connectivity index (χ4v) is 2.03. The number of aliphatic hydroxyl groups excluding tert-OH is 1. The predicted octanol–water partition coefficient (Wildman–Crippen LogP) is 2.63. The molecule has 0 amide bonds. The van der Waals surface area contributed by atoms with E-state index in [1.165, 1.54) is 0 Å². The molecule has 3 heteroatoms. The van der Waals surface area contributed by atoms with Crippen molar-refractivity contribution >= 4 is 0 Å². The van der Waals surface area contributed by atoms with Crippen LogP contribution in [0.25, 0.3) is 0 Å². The summed E-state index contributed by atoms with van der Waals surface area (Å²) in [6.07, 6.45) is 3.59. The second-order valence-corrected chi connectivity index (χ2v) is 4.57. The Labute approximate surface area is 113 Å². The summed E-state index contributed by atoms with van der Waals surface area (Å²) in [7, 11) is 1.65. The number of hydrogen-bond donors (Lipinski definition) is 1. The molecule has 100 valence electrons. The number of nitrogens with zero attached hydrogens (tertiary/aromatic N) is 1. The Morgan fingerprint density at radius 3 is 2.84 bits per heavy atom. The Hall–Kier alpha value is -1.87. The standard InChI is InChI=1S/C16H19NO2/c1-19-16-7-4-5-13(12-16)11-15(18)9-8-14-6-2-3-10-17-14/h2-7,10,12,15,18H,8-9,11H2,1H3. The Kier molecular flexibility index (Phi) is 4.93. The first-order valence-electron chi connectivity index (χ1n) is 6.49. The van der Waals surface area contributed by atoms with Gasteiger partial charge in [0.1, 0.15) is 5.75 Å². The first-order valence-corrected chi connectivity index (χ1v) is 6.49. The lowest BCUT2D eigenvalue weighted by molar-refractivity contribution is 0.165. The molecule has 0 aliphatic rings. The zero-order valence-electron chi connectivity index (χ0n) is 11.1. The van der Waals surface area contributed by atoms with E-state index in [1.54, 1.807) is 13.3 Å². The van der Waals surface area contributed by atoms with Crippen LogP contribution in [0, 0.1) is 0 Å². The minimum absolute atomic E-state index is 0.353. The minimum Gasteiger partial charge on any atom is -0.497 e. The molecule has 0 saturated heterocycles. The van der Waals surface area contributed by atoms with Gasteiger partial charge in [0.2, 0.25) is 0 Å². The van der Waals surface area contributed by atoms with E-state index >= 15 is 0 Å². The molecular weight excluding hydrogens is 238 g/mol. The quantitative estimate of drug-likeness (QED) is 0.865. The highest BCUT2D eigenvalue weighted by Gasteiger charge is 2.07. The predicted molar refractivity (Wildman–Crippen MR) is 75.3 cm³/mol. The maximum atomic E-state index is 10.1. The van der Waals surface area contributed by atoms with Gasteiger partial charge in [-0.3, -0.25) is 4.98 Å². The molecule has 0 saturated carbocycles. The van der Waals surface area contributed by atoms with Gasteiger partial charge in [0.25, 0.3) is 0 Å². The molecule has 1 aromatic carbocycles. The second-order valence-electron chi connectivity index (χ2n) is 4.57. The number of aryl methyl sites for hydroxylation is 1. The summed E-state index contributed by atoms with van der Waals surface area (Å²) in [5.74, 6) is 0.828. The van der Waals surface area contributed by atoms with Crippen LogP contribution in [0.4, 0.5) is 0 Å². The Bertz CT molecular complexity index is 499. The lowest BCUT2D eigenvalue weighted by atomic mass is 10.0. The summed E-state index contributed by atoms with van der Waals surface area (Å²) in [6.45, 7) is 0. The Morgan fingerprint density at radius 1 is 1.21 bits per heavy atom. The summed E-state index contributed by atoms with van der Waals surface area (Å²) in [5, 5.41) is 10.1. The van der Waals surface area contributed by atoms with E-state index in [0.29, 0.717) is 12.8 Å². The number of aliphatic hydroxyl groups is 1. The molecule has 0 radical (unpaired) electrons. The van der Waals surface area contributed by atoms with Gasteiger partial charge in [-0.2, -0.15) is 0 Å². The molecule has 0 fully saturated rings. The first kappa shape index (κ1) is 13.6. The highest BCUT2D eigenvalue weighted by atomic mass is 16.5. The van der Waals surface area contributed by atoms with Crippen LogP contribution in [0.15, 0.2) is 48.7 Å². The van der Waals surface area contributed by atoms with Crippen molar-refractivity contribution in [1.82, 2.24) is 4.98 Å². The van der Waals surface area contributed by atoms with Crippen LogP contribution in [0.2, 0.25) is 0 Å². The van der Waals surface area contributed by atoms with E-state index in [9.17, 15) is 5.11 Å². The first-order chi connectivity index (χ1) is 9.28. The van der Waals surface area contributed by atoms with Gasteiger partial charge in [-0.05, 0) is 49.1 Å². The van der Waals surface area contributed by atoms with Crippen LogP contribution in [0.3, 0.4) is 0 Å². The summed E-state index contributed by atoms with van der Waals surface area (Å²) < 4.78 is 5.17. The third-order valence-electron chi connectivity index (χ3n) is 3.07. The molecule has 0 bridgehead atoms. The monoisotopic (exact) mass is 257 g/mol. The van der Waals surface area contributed by atoms with Crippen molar-refractivity contribution in [2.75, 3.05) is 7.11 Å². The van der Waals surface area contributed by atoms with E-state index in [0.717, 1.165) is 23.4 Å². The average molecular weight is 257 g/mol. The maximum Gasteiger partial charge on any atom is 0.119 e. The minimum atomic E-state index is -0.353. The molecular formula is C16H19NO2. The SMILES string of the molecule is COc1cccc(CC(O)CCc2ccccn2)c1. The van der Waals surface area contributed by atoms with Crippen LogP contribution in [0.5, 0.6) is 5.75 Å². The van der Waals surface area contributed by atoms with E-state index in [-0.39, 0.29) is 6.10 Å². The Morgan fingerprint density at radius 2 is 2.11 bits per heavy atom. The van der Waals surface area contributed by atoms with E-state index in [2.05, 4.69) is 4.98 Å². The van der Waals surface area contributed by atoms with E-state index in [4.69, 9.17) is 4.74 Å². The molecule has 0 spiro atoms. The topological polar surface area (TPSA) is 42.4 Å². The van der Waals surface area contributed by atoms with Crippen LogP contribution >= 0.6 is 0 Å². The number of aromatic nitrogens is 1. The average Bonchev–Trinajstić information content (AvgIpc) is 2.46. The van der Waals surface area contributed by atoms with Crippen molar-refractivity contribution in [3.05, 3.63) is 59.9 Å². The number of rotatable bonds is 6. The summed E-state index contributed by atoms with van der Waals surface area (Å²) in [6, 6.07) is 13.7. The van der Waals surface area contributed by atoms with Gasteiger partial charge < -0.3 is 9.84 Å². The van der Waals surface area contributed by atoms with Gasteiger partial charge in [0.15, 0.2) is 0 Å². The lowest BCUT2D eigenvalue weighted by Gasteiger charge is -2.11.